The molecule has 1 saturated carbocycles. The van der Waals surface area contributed by atoms with E-state index in [2.05, 4.69) is 44.3 Å². The summed E-state index contributed by atoms with van der Waals surface area (Å²) < 4.78 is 0. The average molecular weight is 616 g/mol. The first-order valence-electron chi connectivity index (χ1n) is 11.9. The molecular weight excluding hydrogens is 577 g/mol. The zero-order valence-electron chi connectivity index (χ0n) is 20.4. The normalized spacial score (nSPS) is 22.9. The van der Waals surface area contributed by atoms with Gasteiger partial charge < -0.3 is 15.2 Å². The second kappa shape index (κ2) is 8.97. The van der Waals surface area contributed by atoms with Gasteiger partial charge >= 0.3 is 0 Å². The minimum Gasteiger partial charge on any atom is -0.387 e. The Balaban J connectivity index is 0.000000280. The second-order valence-corrected chi connectivity index (χ2v) is 11.5. The zero-order valence-corrected chi connectivity index (χ0v) is 22.6. The number of nitrogens with zero attached hydrogens (tertiary/aromatic N) is 1. The molecule has 178 valence electrons. The second-order valence-electron chi connectivity index (χ2n) is 11.5. The molecule has 2 bridgehead atoms. The van der Waals surface area contributed by atoms with Crippen LogP contribution in [0.1, 0.15) is 89.0 Å². The van der Waals surface area contributed by atoms with Crippen molar-refractivity contribution in [3.63, 3.8) is 0 Å². The van der Waals surface area contributed by atoms with E-state index in [0.29, 0.717) is 5.41 Å². The van der Waals surface area contributed by atoms with Crippen molar-refractivity contribution in [2.75, 3.05) is 0 Å². The summed E-state index contributed by atoms with van der Waals surface area (Å²) in [7, 11) is 0. The third kappa shape index (κ3) is 4.77. The quantitative estimate of drug-likeness (QED) is 0.431. The topological polar surface area (TPSA) is 53.4 Å². The van der Waals surface area contributed by atoms with Gasteiger partial charge in [0.15, 0.2) is 0 Å². The maximum atomic E-state index is 9.10. The van der Waals surface area contributed by atoms with E-state index in [-0.39, 0.29) is 21.1 Å². The Hall–Kier alpha value is -1.02. The van der Waals surface area contributed by atoms with Crippen LogP contribution in [0.4, 0.5) is 0 Å². The molecule has 1 fully saturated rings. The summed E-state index contributed by atoms with van der Waals surface area (Å²) >= 11 is 0. The van der Waals surface area contributed by atoms with Crippen molar-refractivity contribution in [3.05, 3.63) is 52.7 Å². The summed E-state index contributed by atoms with van der Waals surface area (Å²) in [5.41, 5.74) is 6.85. The molecule has 2 atom stereocenters. The van der Waals surface area contributed by atoms with Crippen molar-refractivity contribution < 1.29 is 31.3 Å². The molecule has 2 aromatic rings. The smallest absolute Gasteiger partial charge is 0.0872 e. The fraction of sp³-hybridized carbons (Fsp3) is 0.607. The zero-order chi connectivity index (χ0) is 22.6. The molecule has 0 aliphatic heterocycles. The predicted molar refractivity (Wildman–Crippen MR) is 126 cm³/mol. The van der Waals surface area contributed by atoms with E-state index in [1.54, 1.807) is 33.3 Å². The van der Waals surface area contributed by atoms with Crippen molar-refractivity contribution in [2.45, 2.75) is 97.2 Å². The van der Waals surface area contributed by atoms with E-state index >= 15 is 0 Å². The van der Waals surface area contributed by atoms with Crippen molar-refractivity contribution in [1.29, 1.82) is 0 Å². The third-order valence-electron chi connectivity index (χ3n) is 8.38. The molecule has 1 aromatic heterocycles. The first-order chi connectivity index (χ1) is 14.4. The van der Waals surface area contributed by atoms with Gasteiger partial charge in [-0.3, -0.25) is 0 Å². The van der Waals surface area contributed by atoms with Gasteiger partial charge in [-0.25, -0.2) is 0 Å². The van der Waals surface area contributed by atoms with Gasteiger partial charge in [-0.15, -0.1) is 34.9 Å². The van der Waals surface area contributed by atoms with E-state index in [9.17, 15) is 0 Å². The first kappa shape index (κ1) is 25.6. The SMILES string of the molecule is CC(C)(O)C(C)(C)O.CC1(C)C2Cc3cnc(-c4[c-]cc5c(c4)CCCC5)cc3C1C2.[Pt]. The van der Waals surface area contributed by atoms with Gasteiger partial charge in [0, 0.05) is 27.3 Å². The van der Waals surface area contributed by atoms with Crippen LogP contribution in [0.2, 0.25) is 0 Å². The van der Waals surface area contributed by atoms with Gasteiger partial charge in [-0.2, -0.15) is 0 Å². The Labute approximate surface area is 208 Å². The number of aromatic nitrogens is 1. The number of hydrogen-bond acceptors (Lipinski definition) is 3. The predicted octanol–water partition coefficient (Wildman–Crippen LogP) is 5.64. The van der Waals surface area contributed by atoms with Crippen molar-refractivity contribution >= 4 is 0 Å². The minimum absolute atomic E-state index is 0. The van der Waals surface area contributed by atoms with E-state index in [4.69, 9.17) is 15.2 Å². The number of fused-ring (bicyclic) bond motifs is 1. The molecular formula is C28H38NO2Pt-. The standard InChI is InChI=1S/C22H24N.C6H14O2.Pt/c1-22(2)18-10-17-13-23-21(12-19(17)20(22)11-18)16-8-7-14-5-3-4-6-15(14)9-16;1-5(2,7)6(3,4)8;/h7,9,12-13,18,20H,3-6,10-11H2,1-2H3;7-8H,1-4H3;/q-1;;. The van der Waals surface area contributed by atoms with Crippen LogP contribution < -0.4 is 0 Å². The van der Waals surface area contributed by atoms with Crippen LogP contribution in [0.25, 0.3) is 11.3 Å². The molecule has 2 N–H and O–H groups in total. The van der Waals surface area contributed by atoms with Crippen LogP contribution in [0.5, 0.6) is 0 Å². The molecule has 0 radical (unpaired) electrons. The van der Waals surface area contributed by atoms with E-state index in [1.165, 1.54) is 60.8 Å². The molecule has 4 aliphatic rings. The molecule has 1 heterocycles. The van der Waals surface area contributed by atoms with Gasteiger partial charge in [-0.1, -0.05) is 39.2 Å². The van der Waals surface area contributed by atoms with Crippen molar-refractivity contribution in [2.24, 2.45) is 11.3 Å². The van der Waals surface area contributed by atoms with Crippen LogP contribution in [0, 0.1) is 17.4 Å². The Morgan fingerprint density at radius 3 is 2.19 bits per heavy atom. The van der Waals surface area contributed by atoms with Crippen LogP contribution in [-0.2, 0) is 40.3 Å². The average Bonchev–Trinajstić information content (AvgIpc) is 2.71. The number of benzene rings is 1. The summed E-state index contributed by atoms with van der Waals surface area (Å²) in [6, 6.07) is 10.4. The van der Waals surface area contributed by atoms with Gasteiger partial charge in [-0.05, 0) is 81.0 Å². The molecule has 0 amide bonds. The number of pyridine rings is 1. The molecule has 0 saturated heterocycles. The monoisotopic (exact) mass is 615 g/mol. The number of hydrogen-bond donors (Lipinski definition) is 2. The summed E-state index contributed by atoms with van der Waals surface area (Å²) in [6.07, 6.45) is 9.84. The fourth-order valence-corrected chi connectivity index (χ4v) is 5.11. The van der Waals surface area contributed by atoms with Crippen LogP contribution >= 0.6 is 0 Å². The molecule has 6 rings (SSSR count). The Kier molecular flexibility index (Phi) is 7.18. The Morgan fingerprint density at radius 2 is 1.59 bits per heavy atom. The minimum atomic E-state index is -1.01. The van der Waals surface area contributed by atoms with E-state index < -0.39 is 11.2 Å². The summed E-state index contributed by atoms with van der Waals surface area (Å²) in [5.74, 6) is 1.60. The number of aryl methyl sites for hydroxylation is 2. The molecule has 32 heavy (non-hydrogen) atoms. The summed E-state index contributed by atoms with van der Waals surface area (Å²) in [5, 5.41) is 18.2. The van der Waals surface area contributed by atoms with Gasteiger partial charge in [0.1, 0.15) is 0 Å². The van der Waals surface area contributed by atoms with Crippen molar-refractivity contribution in [1.82, 2.24) is 4.98 Å². The number of rotatable bonds is 2. The van der Waals surface area contributed by atoms with Gasteiger partial charge in [0.25, 0.3) is 0 Å². The molecule has 3 nitrogen and oxygen atoms in total. The first-order valence-corrected chi connectivity index (χ1v) is 11.9. The fourth-order valence-electron chi connectivity index (χ4n) is 5.11. The Bertz CT molecular complexity index is 956. The van der Waals surface area contributed by atoms with Gasteiger partial charge in [0.2, 0.25) is 0 Å². The molecule has 2 unspecified atom stereocenters. The van der Waals surface area contributed by atoms with Crippen LogP contribution in [-0.4, -0.2) is 26.4 Å². The van der Waals surface area contributed by atoms with Crippen LogP contribution in [0.15, 0.2) is 24.4 Å². The van der Waals surface area contributed by atoms with E-state index in [1.807, 2.05) is 0 Å². The summed E-state index contributed by atoms with van der Waals surface area (Å²) in [4.78, 5) is 4.78. The molecule has 1 aromatic carbocycles. The van der Waals surface area contributed by atoms with Crippen molar-refractivity contribution in [3.8, 4) is 11.3 Å². The largest absolute Gasteiger partial charge is 0.387 e. The molecule has 0 spiro atoms. The molecule has 4 heteroatoms. The number of aliphatic hydroxyl groups is 2. The maximum Gasteiger partial charge on any atom is 0.0872 e. The maximum absolute atomic E-state index is 9.10. The van der Waals surface area contributed by atoms with E-state index in [0.717, 1.165) is 17.5 Å². The van der Waals surface area contributed by atoms with Crippen LogP contribution in [0.3, 0.4) is 0 Å². The summed E-state index contributed by atoms with van der Waals surface area (Å²) in [6.45, 7) is 11.2. The Morgan fingerprint density at radius 1 is 0.969 bits per heavy atom. The third-order valence-corrected chi connectivity index (χ3v) is 8.38. The molecule has 4 aliphatic carbocycles. The van der Waals surface area contributed by atoms with Gasteiger partial charge in [0.05, 0.1) is 11.2 Å².